The van der Waals surface area contributed by atoms with Gasteiger partial charge in [0.25, 0.3) is 5.91 Å². The van der Waals surface area contributed by atoms with Crippen molar-refractivity contribution in [3.8, 4) is 0 Å². The molecular weight excluding hydrogens is 472 g/mol. The second-order valence-corrected chi connectivity index (χ2v) is 12.0. The number of quaternary nitrogens is 1. The van der Waals surface area contributed by atoms with Gasteiger partial charge in [-0.15, -0.1) is 0 Å². The molecule has 2 atom stereocenters. The molecule has 38 heavy (non-hydrogen) atoms. The van der Waals surface area contributed by atoms with Crippen LogP contribution in [0.3, 0.4) is 0 Å². The lowest BCUT2D eigenvalue weighted by molar-refractivity contribution is -0.893. The first kappa shape index (κ1) is 30.2. The Morgan fingerprint density at radius 1 is 0.947 bits per heavy atom. The number of hydrogen-bond acceptors (Lipinski definition) is 2. The van der Waals surface area contributed by atoms with Crippen LogP contribution < -0.4 is 10.6 Å². The molecule has 0 unspecified atom stereocenters. The average Bonchev–Trinajstić information content (AvgIpc) is 3.48. The van der Waals surface area contributed by atoms with Gasteiger partial charge in [0.15, 0.2) is 6.04 Å². The number of aromatic amines is 1. The number of rotatable bonds is 18. The van der Waals surface area contributed by atoms with Crippen LogP contribution in [0.2, 0.25) is 0 Å². The van der Waals surface area contributed by atoms with E-state index in [1.54, 1.807) is 0 Å². The Kier molecular flexibility index (Phi) is 12.7. The molecule has 0 saturated carbocycles. The van der Waals surface area contributed by atoms with Crippen molar-refractivity contribution in [2.24, 2.45) is 0 Å². The fourth-order valence-electron chi connectivity index (χ4n) is 5.94. The van der Waals surface area contributed by atoms with E-state index in [1.807, 2.05) is 24.4 Å². The maximum atomic E-state index is 13.3. The van der Waals surface area contributed by atoms with Crippen molar-refractivity contribution in [2.45, 2.75) is 115 Å². The summed E-state index contributed by atoms with van der Waals surface area (Å²) < 4.78 is 0.687. The zero-order valence-corrected chi connectivity index (χ0v) is 24.3. The summed E-state index contributed by atoms with van der Waals surface area (Å²) in [5, 5.41) is 7.37. The van der Waals surface area contributed by atoms with E-state index in [4.69, 9.17) is 0 Å². The van der Waals surface area contributed by atoms with Crippen molar-refractivity contribution in [3.63, 3.8) is 0 Å². The number of para-hydroxylation sites is 1. The zero-order chi connectivity index (χ0) is 27.2. The summed E-state index contributed by atoms with van der Waals surface area (Å²) in [7, 11) is 4.22. The Bertz CT molecular complexity index is 983. The van der Waals surface area contributed by atoms with Crippen molar-refractivity contribution in [3.05, 3.63) is 36.0 Å². The first-order valence-electron chi connectivity index (χ1n) is 15.4. The second kappa shape index (κ2) is 15.9. The molecule has 1 fully saturated rings. The maximum absolute atomic E-state index is 13.3. The molecule has 2 amide bonds. The number of fused-ring (bicyclic) bond motifs is 1. The lowest BCUT2D eigenvalue weighted by Crippen LogP contribution is -2.57. The highest BCUT2D eigenvalue weighted by Gasteiger charge is 2.40. The van der Waals surface area contributed by atoms with Gasteiger partial charge in [-0.2, -0.15) is 0 Å². The number of amides is 2. The standard InChI is InChI=1S/C32H52N4O2/c1-4-5-6-7-8-9-10-11-12-13-14-17-22-33-31(37)29(35-32(38)30-21-18-23-36(30,2)3)24-26-25-34-28-20-16-15-19-27(26)28/h15-16,19-20,25,29-30,34H,4-14,17-18,21-24H2,1-3H3,(H-,33,35,37,38)/p+1/t29-,30-/m0/s1. The smallest absolute Gasteiger partial charge is 0.279 e. The molecule has 1 aliphatic heterocycles. The number of likely N-dealkylation sites (N-methyl/N-ethyl adjacent to an activating group) is 1. The highest BCUT2D eigenvalue weighted by atomic mass is 16.2. The molecule has 3 N–H and O–H groups in total. The molecule has 1 saturated heterocycles. The third-order valence-corrected chi connectivity index (χ3v) is 8.42. The highest BCUT2D eigenvalue weighted by molar-refractivity contribution is 5.91. The van der Waals surface area contributed by atoms with E-state index in [-0.39, 0.29) is 17.9 Å². The molecule has 6 nitrogen and oxygen atoms in total. The van der Waals surface area contributed by atoms with Gasteiger partial charge in [-0.05, 0) is 18.1 Å². The molecule has 3 rings (SSSR count). The van der Waals surface area contributed by atoms with Crippen molar-refractivity contribution >= 4 is 22.7 Å². The van der Waals surface area contributed by atoms with Gasteiger partial charge in [0, 0.05) is 42.9 Å². The minimum Gasteiger partial charge on any atom is -0.361 e. The Hall–Kier alpha value is -2.34. The van der Waals surface area contributed by atoms with E-state index in [1.165, 1.54) is 64.2 Å². The first-order chi connectivity index (χ1) is 18.4. The predicted molar refractivity (Wildman–Crippen MR) is 158 cm³/mol. The summed E-state index contributed by atoms with van der Waals surface area (Å²) in [5.74, 6) is -0.0761. The highest BCUT2D eigenvalue weighted by Crippen LogP contribution is 2.23. The summed E-state index contributed by atoms with van der Waals surface area (Å²) in [6.45, 7) is 3.93. The summed E-state index contributed by atoms with van der Waals surface area (Å²) in [5.41, 5.74) is 2.12. The van der Waals surface area contributed by atoms with Crippen molar-refractivity contribution in [2.75, 3.05) is 27.2 Å². The van der Waals surface area contributed by atoms with Crippen LogP contribution in [0.1, 0.15) is 102 Å². The van der Waals surface area contributed by atoms with Crippen LogP contribution in [-0.2, 0) is 16.0 Å². The number of likely N-dealkylation sites (tertiary alicyclic amines) is 1. The minimum absolute atomic E-state index is 0.00199. The van der Waals surface area contributed by atoms with Crippen LogP contribution in [0.5, 0.6) is 0 Å². The van der Waals surface area contributed by atoms with E-state index < -0.39 is 6.04 Å². The number of nitrogens with one attached hydrogen (secondary N) is 3. The van der Waals surface area contributed by atoms with Crippen LogP contribution in [-0.4, -0.2) is 60.5 Å². The zero-order valence-electron chi connectivity index (χ0n) is 24.3. The Morgan fingerprint density at radius 2 is 1.58 bits per heavy atom. The van der Waals surface area contributed by atoms with Gasteiger partial charge in [0.05, 0.1) is 20.6 Å². The molecule has 1 aliphatic rings. The van der Waals surface area contributed by atoms with Crippen LogP contribution in [0.25, 0.3) is 10.9 Å². The van der Waals surface area contributed by atoms with Gasteiger partial charge >= 0.3 is 0 Å². The molecule has 2 aromatic rings. The summed E-state index contributed by atoms with van der Waals surface area (Å²) in [6.07, 6.45) is 20.0. The fraction of sp³-hybridized carbons (Fsp3) is 0.688. The van der Waals surface area contributed by atoms with Gasteiger partial charge in [0.2, 0.25) is 5.91 Å². The SMILES string of the molecule is CCCCCCCCCCCCCCNC(=O)[C@H](Cc1c[nH]c2ccccc12)NC(=O)[C@@H]1CCC[N+]1(C)C. The molecule has 0 bridgehead atoms. The van der Waals surface area contributed by atoms with E-state index >= 15 is 0 Å². The molecule has 6 heteroatoms. The van der Waals surface area contributed by atoms with Crippen molar-refractivity contribution < 1.29 is 14.1 Å². The molecule has 0 aliphatic carbocycles. The van der Waals surface area contributed by atoms with Crippen LogP contribution in [0.15, 0.2) is 30.5 Å². The summed E-state index contributed by atoms with van der Waals surface area (Å²) in [6, 6.07) is 7.47. The van der Waals surface area contributed by atoms with Crippen LogP contribution >= 0.6 is 0 Å². The summed E-state index contributed by atoms with van der Waals surface area (Å²) >= 11 is 0. The number of H-pyrrole nitrogens is 1. The first-order valence-corrected chi connectivity index (χ1v) is 15.4. The van der Waals surface area contributed by atoms with E-state index in [9.17, 15) is 9.59 Å². The number of carbonyl (C=O) groups is 2. The maximum Gasteiger partial charge on any atom is 0.279 e. The topological polar surface area (TPSA) is 74.0 Å². The van der Waals surface area contributed by atoms with Crippen LogP contribution in [0.4, 0.5) is 0 Å². The lowest BCUT2D eigenvalue weighted by Gasteiger charge is -2.31. The molecular formula is C32H53N4O2+. The van der Waals surface area contributed by atoms with Gasteiger partial charge in [0.1, 0.15) is 6.04 Å². The molecule has 212 valence electrons. The molecule has 2 heterocycles. The average molecular weight is 526 g/mol. The third kappa shape index (κ3) is 9.44. The number of aromatic nitrogens is 1. The van der Waals surface area contributed by atoms with Gasteiger partial charge in [-0.25, -0.2) is 0 Å². The number of carbonyl (C=O) groups excluding carboxylic acids is 2. The number of nitrogens with zero attached hydrogens (tertiary/aromatic N) is 1. The Morgan fingerprint density at radius 3 is 2.21 bits per heavy atom. The van der Waals surface area contributed by atoms with Gasteiger partial charge < -0.3 is 20.1 Å². The quantitative estimate of drug-likeness (QED) is 0.159. The van der Waals surface area contributed by atoms with Gasteiger partial charge in [-0.1, -0.05) is 95.8 Å². The Balaban J connectivity index is 1.42. The van der Waals surface area contributed by atoms with E-state index in [2.05, 4.69) is 42.7 Å². The minimum atomic E-state index is -0.570. The molecule has 1 aromatic heterocycles. The number of unbranched alkanes of at least 4 members (excludes halogenated alkanes) is 11. The Labute approximate surface area is 230 Å². The predicted octanol–water partition coefficient (Wildman–Crippen LogP) is 6.25. The van der Waals surface area contributed by atoms with Gasteiger partial charge in [-0.3, -0.25) is 9.59 Å². The number of hydrogen-bond donors (Lipinski definition) is 3. The normalized spacial score (nSPS) is 17.5. The van der Waals surface area contributed by atoms with E-state index in [0.29, 0.717) is 17.4 Å². The van der Waals surface area contributed by atoms with Crippen LogP contribution in [0, 0.1) is 0 Å². The molecule has 1 aromatic carbocycles. The summed E-state index contributed by atoms with van der Waals surface area (Å²) in [4.78, 5) is 29.8. The molecule has 0 spiro atoms. The van der Waals surface area contributed by atoms with Crippen molar-refractivity contribution in [1.29, 1.82) is 0 Å². The van der Waals surface area contributed by atoms with Crippen molar-refractivity contribution in [1.82, 2.24) is 15.6 Å². The second-order valence-electron chi connectivity index (χ2n) is 12.0. The third-order valence-electron chi connectivity index (χ3n) is 8.42. The lowest BCUT2D eigenvalue weighted by atomic mass is 10.0. The largest absolute Gasteiger partial charge is 0.361 e. The fourth-order valence-corrected chi connectivity index (χ4v) is 5.94. The monoisotopic (exact) mass is 525 g/mol. The molecule has 0 radical (unpaired) electrons. The number of benzene rings is 1. The van der Waals surface area contributed by atoms with E-state index in [0.717, 1.165) is 48.7 Å².